The average molecular weight is 448 g/mol. The zero-order valence-corrected chi connectivity index (χ0v) is 19.1. The Morgan fingerprint density at radius 3 is 2.61 bits per heavy atom. The molecule has 5 heterocycles. The number of pyridine rings is 1. The molecule has 4 aromatic rings. The lowest BCUT2D eigenvalue weighted by Crippen LogP contribution is -2.47. The molecule has 1 N–H and O–H groups in total. The minimum atomic E-state index is -0.129. The molecule has 0 atom stereocenters. The van der Waals surface area contributed by atoms with Crippen molar-refractivity contribution in [1.82, 2.24) is 28.9 Å². The van der Waals surface area contributed by atoms with E-state index in [2.05, 4.69) is 26.8 Å². The number of nitrogens with zero attached hydrogens (tertiary/aromatic N) is 7. The Morgan fingerprint density at radius 1 is 1.03 bits per heavy atom. The van der Waals surface area contributed by atoms with Crippen molar-refractivity contribution in [3.05, 3.63) is 58.4 Å². The highest BCUT2D eigenvalue weighted by Gasteiger charge is 2.18. The van der Waals surface area contributed by atoms with Crippen LogP contribution in [0.4, 0.5) is 5.69 Å². The predicted molar refractivity (Wildman–Crippen MR) is 128 cm³/mol. The summed E-state index contributed by atoms with van der Waals surface area (Å²) in [4.78, 5) is 26.9. The van der Waals surface area contributed by atoms with Crippen LogP contribution in [0.5, 0.6) is 0 Å². The summed E-state index contributed by atoms with van der Waals surface area (Å²) < 4.78 is 3.44. The lowest BCUT2D eigenvalue weighted by molar-refractivity contribution is 0.189. The number of β-amino-alcohol motifs (C(OH)–C–C–N with tert-alkyl or cyclic N) is 1. The zero-order valence-electron chi connectivity index (χ0n) is 19.1. The number of piperazine rings is 1. The summed E-state index contributed by atoms with van der Waals surface area (Å²) in [6, 6.07) is 7.43. The maximum Gasteiger partial charge on any atom is 0.258 e. The summed E-state index contributed by atoms with van der Waals surface area (Å²) in [5.74, 6) is 0. The van der Waals surface area contributed by atoms with Gasteiger partial charge in [-0.1, -0.05) is 13.3 Å². The summed E-state index contributed by atoms with van der Waals surface area (Å²) >= 11 is 0. The van der Waals surface area contributed by atoms with Gasteiger partial charge >= 0.3 is 0 Å². The number of anilines is 1. The normalized spacial score (nSPS) is 15.1. The molecule has 0 amide bonds. The van der Waals surface area contributed by atoms with Crippen molar-refractivity contribution in [2.45, 2.75) is 26.7 Å². The van der Waals surface area contributed by atoms with Crippen LogP contribution in [0.2, 0.25) is 0 Å². The molecule has 0 aliphatic carbocycles. The molecule has 0 bridgehead atoms. The van der Waals surface area contributed by atoms with E-state index in [1.165, 1.54) is 0 Å². The van der Waals surface area contributed by atoms with Gasteiger partial charge in [-0.2, -0.15) is 5.10 Å². The number of hydrogen-bond acceptors (Lipinski definition) is 7. The largest absolute Gasteiger partial charge is 0.395 e. The number of aliphatic hydroxyl groups is 1. The Bertz CT molecular complexity index is 1350. The molecular formula is C24H29N7O2. The summed E-state index contributed by atoms with van der Waals surface area (Å²) in [6.45, 7) is 8.50. The number of aromatic nitrogens is 5. The molecule has 0 saturated carbocycles. The van der Waals surface area contributed by atoms with E-state index in [4.69, 9.17) is 10.1 Å². The predicted octanol–water partition coefficient (Wildman–Crippen LogP) is 1.78. The Balaban J connectivity index is 1.47. The van der Waals surface area contributed by atoms with Gasteiger partial charge in [-0.25, -0.2) is 9.50 Å². The highest BCUT2D eigenvalue weighted by molar-refractivity contribution is 5.66. The van der Waals surface area contributed by atoms with Gasteiger partial charge in [-0.15, -0.1) is 0 Å². The molecule has 4 aromatic heterocycles. The standard InChI is InChI=1S/C24H29N7O2/c1-3-4-19-22-13-21(27-31(22)15-17(2)25-19)20-14-24(33)30-16-18(5-6-23(30)26-20)29-9-7-28(8-10-29)11-12-32/h5-6,13-16,32H,3-4,7-12H2,1-2H3. The third kappa shape index (κ3) is 4.21. The van der Waals surface area contributed by atoms with Crippen molar-refractivity contribution in [1.29, 1.82) is 0 Å². The molecule has 0 radical (unpaired) electrons. The maximum atomic E-state index is 13.0. The molecule has 0 unspecified atom stereocenters. The molecule has 1 aliphatic rings. The highest BCUT2D eigenvalue weighted by Crippen LogP contribution is 2.22. The quantitative estimate of drug-likeness (QED) is 0.482. The van der Waals surface area contributed by atoms with Crippen LogP contribution < -0.4 is 10.5 Å². The highest BCUT2D eigenvalue weighted by atomic mass is 16.3. The fraction of sp³-hybridized carbons (Fsp3) is 0.417. The lowest BCUT2D eigenvalue weighted by atomic mass is 10.2. The first kappa shape index (κ1) is 21.5. The van der Waals surface area contributed by atoms with Crippen molar-refractivity contribution in [3.8, 4) is 11.4 Å². The van der Waals surface area contributed by atoms with Crippen LogP contribution in [0.15, 0.2) is 41.5 Å². The number of rotatable bonds is 6. The minimum absolute atomic E-state index is 0.129. The molecule has 5 rings (SSSR count). The van der Waals surface area contributed by atoms with Gasteiger partial charge in [0.1, 0.15) is 11.3 Å². The summed E-state index contributed by atoms with van der Waals surface area (Å²) in [5, 5.41) is 13.8. The van der Waals surface area contributed by atoms with Crippen LogP contribution in [0, 0.1) is 6.92 Å². The van der Waals surface area contributed by atoms with Gasteiger partial charge in [-0.3, -0.25) is 19.1 Å². The average Bonchev–Trinajstić information content (AvgIpc) is 3.24. The Hall–Kier alpha value is -3.30. The van der Waals surface area contributed by atoms with Crippen LogP contribution in [0.1, 0.15) is 24.7 Å². The summed E-state index contributed by atoms with van der Waals surface area (Å²) in [5.41, 5.74) is 5.58. The van der Waals surface area contributed by atoms with Crippen molar-refractivity contribution in [3.63, 3.8) is 0 Å². The van der Waals surface area contributed by atoms with Crippen LogP contribution in [-0.2, 0) is 6.42 Å². The van der Waals surface area contributed by atoms with Gasteiger partial charge in [0.15, 0.2) is 0 Å². The third-order valence-electron chi connectivity index (χ3n) is 6.20. The van der Waals surface area contributed by atoms with Crippen molar-refractivity contribution in [2.24, 2.45) is 0 Å². The monoisotopic (exact) mass is 447 g/mol. The molecule has 1 fully saturated rings. The first-order valence-electron chi connectivity index (χ1n) is 11.5. The Morgan fingerprint density at radius 2 is 1.85 bits per heavy atom. The summed E-state index contributed by atoms with van der Waals surface area (Å²) in [7, 11) is 0. The van der Waals surface area contributed by atoms with Gasteiger partial charge in [0.05, 0.1) is 41.1 Å². The van der Waals surface area contributed by atoms with Crippen molar-refractivity contribution < 1.29 is 5.11 Å². The number of fused-ring (bicyclic) bond motifs is 2. The fourth-order valence-electron chi connectivity index (χ4n) is 4.51. The molecule has 33 heavy (non-hydrogen) atoms. The van der Waals surface area contributed by atoms with Gasteiger partial charge in [0, 0.05) is 45.0 Å². The summed E-state index contributed by atoms with van der Waals surface area (Å²) in [6.07, 6.45) is 5.65. The number of aryl methyl sites for hydroxylation is 2. The van der Waals surface area contributed by atoms with E-state index in [1.54, 1.807) is 10.5 Å². The van der Waals surface area contributed by atoms with E-state index in [9.17, 15) is 4.79 Å². The third-order valence-corrected chi connectivity index (χ3v) is 6.20. The molecular weight excluding hydrogens is 418 g/mol. The second-order valence-electron chi connectivity index (χ2n) is 8.59. The van der Waals surface area contributed by atoms with Crippen LogP contribution in [0.3, 0.4) is 0 Å². The second-order valence-corrected chi connectivity index (χ2v) is 8.59. The molecule has 1 saturated heterocycles. The van der Waals surface area contributed by atoms with Gasteiger partial charge in [0.2, 0.25) is 0 Å². The molecule has 9 heteroatoms. The second kappa shape index (κ2) is 8.92. The minimum Gasteiger partial charge on any atom is -0.395 e. The lowest BCUT2D eigenvalue weighted by Gasteiger charge is -2.35. The molecule has 172 valence electrons. The van der Waals surface area contributed by atoms with Gasteiger partial charge < -0.3 is 10.0 Å². The van der Waals surface area contributed by atoms with E-state index in [1.807, 2.05) is 42.0 Å². The van der Waals surface area contributed by atoms with Crippen molar-refractivity contribution in [2.75, 3.05) is 44.2 Å². The Kier molecular flexibility index (Phi) is 5.82. The molecule has 1 aliphatic heterocycles. The van der Waals surface area contributed by atoms with Crippen molar-refractivity contribution >= 4 is 16.9 Å². The van der Waals surface area contributed by atoms with E-state index < -0.39 is 0 Å². The zero-order chi connectivity index (χ0) is 22.9. The Labute approximate surface area is 191 Å². The van der Waals surface area contributed by atoms with Crippen LogP contribution in [-0.4, -0.2) is 73.3 Å². The number of hydrogen-bond donors (Lipinski definition) is 1. The molecule has 9 nitrogen and oxygen atoms in total. The molecule has 0 aromatic carbocycles. The van der Waals surface area contributed by atoms with Crippen LogP contribution in [0.25, 0.3) is 22.6 Å². The van der Waals surface area contributed by atoms with Gasteiger partial charge in [0.25, 0.3) is 5.56 Å². The maximum absolute atomic E-state index is 13.0. The SMILES string of the molecule is CCCc1nc(C)cn2nc(-c3cc(=O)n4cc(N5CCN(CCO)CC5)ccc4n3)cc12. The van der Waals surface area contributed by atoms with E-state index in [0.29, 0.717) is 23.6 Å². The first-order chi connectivity index (χ1) is 16.1. The van der Waals surface area contributed by atoms with E-state index >= 15 is 0 Å². The first-order valence-corrected chi connectivity index (χ1v) is 11.5. The smallest absolute Gasteiger partial charge is 0.258 e. The fourth-order valence-corrected chi connectivity index (χ4v) is 4.51. The van der Waals surface area contributed by atoms with Gasteiger partial charge in [-0.05, 0) is 31.5 Å². The van der Waals surface area contributed by atoms with Crippen LogP contribution >= 0.6 is 0 Å². The van der Waals surface area contributed by atoms with E-state index in [0.717, 1.165) is 61.6 Å². The topological polar surface area (TPSA) is 91.3 Å². The molecule has 0 spiro atoms. The number of aliphatic hydroxyl groups excluding tert-OH is 1. The van der Waals surface area contributed by atoms with E-state index in [-0.39, 0.29) is 12.2 Å².